The summed E-state index contributed by atoms with van der Waals surface area (Å²) in [6, 6.07) is 6.40. The van der Waals surface area contributed by atoms with E-state index in [1.165, 1.54) is 12.0 Å². The fraction of sp³-hybridized carbons (Fsp3) is 0.471. The van der Waals surface area contributed by atoms with Gasteiger partial charge in [0.25, 0.3) is 0 Å². The minimum Gasteiger partial charge on any atom is -0.465 e. The first-order valence-electron chi connectivity index (χ1n) is 7.80. The van der Waals surface area contributed by atoms with Crippen LogP contribution in [0.2, 0.25) is 0 Å². The Labute approximate surface area is 156 Å². The number of rotatable bonds is 2. The molecule has 3 fully saturated rings. The van der Waals surface area contributed by atoms with E-state index in [9.17, 15) is 14.4 Å². The van der Waals surface area contributed by atoms with Crippen molar-refractivity contribution in [1.82, 2.24) is 0 Å². The Morgan fingerprint density at radius 2 is 1.54 bits per heavy atom. The van der Waals surface area contributed by atoms with Crippen LogP contribution in [0.3, 0.4) is 0 Å². The summed E-state index contributed by atoms with van der Waals surface area (Å²) in [5.41, 5.74) is 0.908. The number of hydrogen-bond donors (Lipinski definition) is 0. The van der Waals surface area contributed by atoms with Crippen LogP contribution in [0.15, 0.2) is 24.3 Å². The summed E-state index contributed by atoms with van der Waals surface area (Å²) < 4.78 is 4.67. The molecular weight excluding hydrogens is 442 g/mol. The van der Waals surface area contributed by atoms with E-state index >= 15 is 0 Å². The Bertz CT molecular complexity index is 703. The number of fused-ring (bicyclic) bond motifs is 5. The number of halogens is 2. The molecule has 0 N–H and O–H groups in total. The molecule has 3 aliphatic rings. The highest BCUT2D eigenvalue weighted by Gasteiger charge is 2.66. The van der Waals surface area contributed by atoms with Gasteiger partial charge in [-0.2, -0.15) is 0 Å². The molecule has 2 saturated carbocycles. The molecule has 1 heterocycles. The molecule has 24 heavy (non-hydrogen) atoms. The normalized spacial score (nSPS) is 37.0. The van der Waals surface area contributed by atoms with Gasteiger partial charge >= 0.3 is 5.97 Å². The molecule has 0 aromatic heterocycles. The summed E-state index contributed by atoms with van der Waals surface area (Å²) in [6.45, 7) is 0. The number of benzene rings is 1. The second kappa shape index (κ2) is 5.66. The third-order valence-electron chi connectivity index (χ3n) is 5.53. The molecule has 4 rings (SSSR count). The maximum absolute atomic E-state index is 12.9. The zero-order chi connectivity index (χ0) is 17.2. The van der Waals surface area contributed by atoms with Gasteiger partial charge in [0.1, 0.15) is 0 Å². The molecule has 2 bridgehead atoms. The SMILES string of the molecule is COC(=O)c1ccc(N2C(=O)[C@@H]3[C@H]4C[C@H]([C@H](Br)[C@@H]4Br)[C@@H]3C2=O)cc1. The van der Waals surface area contributed by atoms with Gasteiger partial charge in [-0.05, 0) is 42.5 Å². The molecule has 0 unspecified atom stereocenters. The lowest BCUT2D eigenvalue weighted by molar-refractivity contribution is -0.123. The van der Waals surface area contributed by atoms with E-state index < -0.39 is 5.97 Å². The van der Waals surface area contributed by atoms with Crippen molar-refractivity contribution >= 4 is 55.3 Å². The number of alkyl halides is 2. The van der Waals surface area contributed by atoms with Crippen LogP contribution in [0.1, 0.15) is 16.8 Å². The predicted molar refractivity (Wildman–Crippen MR) is 94.3 cm³/mol. The van der Waals surface area contributed by atoms with Crippen molar-refractivity contribution < 1.29 is 19.1 Å². The second-order valence-corrected chi connectivity index (χ2v) is 8.67. The summed E-state index contributed by atoms with van der Waals surface area (Å²) in [6.07, 6.45) is 0.910. The van der Waals surface area contributed by atoms with E-state index in [1.807, 2.05) is 0 Å². The van der Waals surface area contributed by atoms with Gasteiger partial charge in [0, 0.05) is 9.65 Å². The van der Waals surface area contributed by atoms with Crippen LogP contribution in [-0.2, 0) is 14.3 Å². The van der Waals surface area contributed by atoms with Crippen molar-refractivity contribution in [3.63, 3.8) is 0 Å². The van der Waals surface area contributed by atoms with Gasteiger partial charge in [0.15, 0.2) is 0 Å². The van der Waals surface area contributed by atoms with E-state index in [0.29, 0.717) is 11.3 Å². The van der Waals surface area contributed by atoms with Gasteiger partial charge in [0.05, 0.1) is 30.2 Å². The third-order valence-corrected chi connectivity index (χ3v) is 8.74. The Hall–Kier alpha value is -1.21. The first-order valence-corrected chi connectivity index (χ1v) is 9.63. The summed E-state index contributed by atoms with van der Waals surface area (Å²) in [5.74, 6) is -0.763. The van der Waals surface area contributed by atoms with Crippen LogP contribution >= 0.6 is 31.9 Å². The number of amides is 2. The first kappa shape index (κ1) is 16.3. The van der Waals surface area contributed by atoms with Gasteiger partial charge in [0.2, 0.25) is 11.8 Å². The number of carbonyl (C=O) groups is 3. The van der Waals surface area contributed by atoms with E-state index in [0.717, 1.165) is 6.42 Å². The monoisotopic (exact) mass is 455 g/mol. The van der Waals surface area contributed by atoms with Gasteiger partial charge in [-0.1, -0.05) is 31.9 Å². The number of ether oxygens (including phenoxy) is 1. The maximum atomic E-state index is 12.9. The smallest absolute Gasteiger partial charge is 0.337 e. The van der Waals surface area contributed by atoms with Crippen molar-refractivity contribution in [3.8, 4) is 0 Å². The number of nitrogens with zero attached hydrogens (tertiary/aromatic N) is 1. The molecule has 0 radical (unpaired) electrons. The summed E-state index contributed by atoms with van der Waals surface area (Å²) >= 11 is 7.35. The molecule has 1 aromatic carbocycles. The number of esters is 1. The highest BCUT2D eigenvalue weighted by Crippen LogP contribution is 2.60. The minimum absolute atomic E-state index is 0.118. The fourth-order valence-electron chi connectivity index (χ4n) is 4.47. The van der Waals surface area contributed by atoms with E-state index in [-0.39, 0.29) is 45.1 Å². The standard InChI is InChI=1S/C17H15Br2NO4/c1-24-17(23)7-2-4-8(5-3-7)20-15(21)11-9-6-10(12(11)16(20)22)14(19)13(9)18/h2-5,9-14H,6H2,1H3/t9-,10+,11-,12+,13-,14+. The highest BCUT2D eigenvalue weighted by molar-refractivity contribution is 9.12. The lowest BCUT2D eigenvalue weighted by Gasteiger charge is -2.28. The number of hydrogen-bond acceptors (Lipinski definition) is 4. The summed E-state index contributed by atoms with van der Waals surface area (Å²) in [4.78, 5) is 39.0. The lowest BCUT2D eigenvalue weighted by atomic mass is 9.81. The van der Waals surface area contributed by atoms with Crippen molar-refractivity contribution in [2.75, 3.05) is 12.0 Å². The molecular formula is C17H15Br2NO4. The summed E-state index contributed by atoms with van der Waals surface area (Å²) in [5, 5.41) is 0. The molecule has 6 atom stereocenters. The van der Waals surface area contributed by atoms with E-state index in [1.54, 1.807) is 24.3 Å². The Kier molecular flexibility index (Phi) is 3.84. The van der Waals surface area contributed by atoms with Gasteiger partial charge in [-0.25, -0.2) is 4.79 Å². The number of methoxy groups -OCH3 is 1. The lowest BCUT2D eigenvalue weighted by Crippen LogP contribution is -2.37. The molecule has 1 saturated heterocycles. The molecule has 2 aliphatic carbocycles. The highest BCUT2D eigenvalue weighted by atomic mass is 79.9. The third kappa shape index (κ3) is 2.07. The molecule has 7 heteroatoms. The van der Waals surface area contributed by atoms with E-state index in [4.69, 9.17) is 0 Å². The largest absolute Gasteiger partial charge is 0.465 e. The van der Waals surface area contributed by atoms with Crippen LogP contribution in [0.5, 0.6) is 0 Å². The Balaban J connectivity index is 1.65. The van der Waals surface area contributed by atoms with Crippen molar-refractivity contribution in [2.45, 2.75) is 16.1 Å². The van der Waals surface area contributed by atoms with Crippen LogP contribution in [0.4, 0.5) is 5.69 Å². The Morgan fingerprint density at radius 3 is 2.00 bits per heavy atom. The summed E-state index contributed by atoms with van der Waals surface area (Å²) in [7, 11) is 1.31. The molecule has 0 spiro atoms. The van der Waals surface area contributed by atoms with Gasteiger partial charge in [-0.3, -0.25) is 14.5 Å². The van der Waals surface area contributed by atoms with Crippen molar-refractivity contribution in [1.29, 1.82) is 0 Å². The van der Waals surface area contributed by atoms with E-state index in [2.05, 4.69) is 36.6 Å². The number of carbonyl (C=O) groups excluding carboxylic acids is 3. The zero-order valence-electron chi connectivity index (χ0n) is 12.8. The van der Waals surface area contributed by atoms with Gasteiger partial charge < -0.3 is 4.74 Å². The van der Waals surface area contributed by atoms with Crippen LogP contribution in [0.25, 0.3) is 0 Å². The quantitative estimate of drug-likeness (QED) is 0.390. The molecule has 2 amide bonds. The molecule has 1 aromatic rings. The zero-order valence-corrected chi connectivity index (χ0v) is 16.0. The molecule has 1 aliphatic heterocycles. The second-order valence-electron chi connectivity index (χ2n) is 6.55. The minimum atomic E-state index is -0.445. The molecule has 5 nitrogen and oxygen atoms in total. The van der Waals surface area contributed by atoms with Gasteiger partial charge in [-0.15, -0.1) is 0 Å². The Morgan fingerprint density at radius 1 is 1.04 bits per heavy atom. The first-order chi connectivity index (χ1) is 11.5. The van der Waals surface area contributed by atoms with Crippen LogP contribution in [0, 0.1) is 23.7 Å². The number of anilines is 1. The van der Waals surface area contributed by atoms with Crippen LogP contribution in [-0.4, -0.2) is 34.5 Å². The fourth-order valence-corrected chi connectivity index (χ4v) is 6.34. The topological polar surface area (TPSA) is 63.7 Å². The number of imide groups is 1. The maximum Gasteiger partial charge on any atom is 0.337 e. The average molecular weight is 457 g/mol. The average Bonchev–Trinajstić information content (AvgIpc) is 3.19. The van der Waals surface area contributed by atoms with Crippen molar-refractivity contribution in [3.05, 3.63) is 29.8 Å². The van der Waals surface area contributed by atoms with Crippen LogP contribution < -0.4 is 4.90 Å². The molecule has 126 valence electrons. The predicted octanol–water partition coefficient (Wildman–Crippen LogP) is 2.76. The van der Waals surface area contributed by atoms with Crippen molar-refractivity contribution in [2.24, 2.45) is 23.7 Å².